The van der Waals surface area contributed by atoms with Crippen LogP contribution >= 0.6 is 0 Å². The van der Waals surface area contributed by atoms with Crippen molar-refractivity contribution in [2.45, 2.75) is 155 Å². The highest BCUT2D eigenvalue weighted by Crippen LogP contribution is 2.63. The predicted octanol–water partition coefficient (Wildman–Crippen LogP) is 8.15. The van der Waals surface area contributed by atoms with Crippen molar-refractivity contribution in [2.75, 3.05) is 13.2 Å². The van der Waals surface area contributed by atoms with Crippen molar-refractivity contribution in [3.05, 3.63) is 59.7 Å². The molecule has 1 aromatic rings. The number of esters is 2. The molecule has 0 aromatic heterocycles. The number of fused-ring (bicyclic) bond motifs is 5. The lowest BCUT2D eigenvalue weighted by molar-refractivity contribution is -0.329. The number of hydrogen-bond donors (Lipinski definition) is 0. The molecule has 2 saturated carbocycles. The lowest BCUT2D eigenvalue weighted by Gasteiger charge is -2.64. The predicted molar refractivity (Wildman–Crippen MR) is 207 cm³/mol. The van der Waals surface area contributed by atoms with Crippen LogP contribution in [0.4, 0.5) is 0 Å². The van der Waals surface area contributed by atoms with Gasteiger partial charge < -0.3 is 32.5 Å². The van der Waals surface area contributed by atoms with Crippen molar-refractivity contribution in [2.24, 2.45) is 16.7 Å². The van der Waals surface area contributed by atoms with Gasteiger partial charge >= 0.3 is 11.9 Å². The average molecular weight is 757 g/mol. The molecule has 2 saturated heterocycles. The van der Waals surface area contributed by atoms with Crippen LogP contribution in [0.15, 0.2) is 54.1 Å². The molecule has 5 rings (SSSR count). The zero-order valence-electron chi connectivity index (χ0n) is 33.3. The maximum atomic E-state index is 14.0. The summed E-state index contributed by atoms with van der Waals surface area (Å²) in [4.78, 5) is 26.9. The quantitative estimate of drug-likeness (QED) is 0.106. The van der Waals surface area contributed by atoms with Crippen molar-refractivity contribution in [1.29, 1.82) is 0 Å². The molecular formula is C41H64O9Si2. The number of ether oxygens (including phenoxy) is 5. The first kappa shape index (κ1) is 41.0. The van der Waals surface area contributed by atoms with E-state index in [1.54, 1.807) is 18.2 Å². The summed E-state index contributed by atoms with van der Waals surface area (Å²) < 4.78 is 46.6. The Morgan fingerprint density at radius 3 is 2.29 bits per heavy atom. The minimum atomic E-state index is -2.06. The molecule has 2 aliphatic carbocycles. The molecule has 0 bridgehead atoms. The molecule has 11 heteroatoms. The van der Waals surface area contributed by atoms with E-state index >= 15 is 0 Å². The highest BCUT2D eigenvalue weighted by Gasteiger charge is 2.72. The summed E-state index contributed by atoms with van der Waals surface area (Å²) in [6, 6.07) is 12.2. The Balaban J connectivity index is 1.71. The second kappa shape index (κ2) is 16.3. The zero-order chi connectivity index (χ0) is 38.1. The molecule has 9 nitrogen and oxygen atoms in total. The Bertz CT molecular complexity index is 1450. The summed E-state index contributed by atoms with van der Waals surface area (Å²) in [7, 11) is -3.31. The summed E-state index contributed by atoms with van der Waals surface area (Å²) in [6.07, 6.45) is 1.67. The monoisotopic (exact) mass is 756 g/mol. The van der Waals surface area contributed by atoms with Crippen LogP contribution in [0.5, 0.6) is 0 Å². The molecule has 0 radical (unpaired) electrons. The minimum Gasteiger partial charge on any atom is -0.458 e. The molecule has 4 fully saturated rings. The minimum absolute atomic E-state index is 0.169. The van der Waals surface area contributed by atoms with Crippen LogP contribution in [-0.4, -0.2) is 84.9 Å². The summed E-state index contributed by atoms with van der Waals surface area (Å²) in [5.41, 5.74) is 0.551. The largest absolute Gasteiger partial charge is 0.458 e. The maximum absolute atomic E-state index is 14.0. The van der Waals surface area contributed by atoms with E-state index < -0.39 is 70.3 Å². The third-order valence-corrected chi connectivity index (χ3v) is 18.2. The molecule has 0 N–H and O–H groups in total. The number of hydrogen-bond acceptors (Lipinski definition) is 9. The van der Waals surface area contributed by atoms with E-state index in [-0.39, 0.29) is 24.8 Å². The summed E-state index contributed by atoms with van der Waals surface area (Å²) in [5.74, 6) is -1.21. The fourth-order valence-electron chi connectivity index (χ4n) is 9.93. The summed E-state index contributed by atoms with van der Waals surface area (Å²) >= 11 is 0. The second-order valence-corrected chi connectivity index (χ2v) is 23.8. The van der Waals surface area contributed by atoms with E-state index in [1.807, 2.05) is 18.2 Å². The highest BCUT2D eigenvalue weighted by atomic mass is 28.4. The van der Waals surface area contributed by atoms with Gasteiger partial charge in [0, 0.05) is 24.9 Å². The summed E-state index contributed by atoms with van der Waals surface area (Å²) in [6.45, 7) is 26.4. The van der Waals surface area contributed by atoms with Crippen LogP contribution in [0.3, 0.4) is 0 Å². The number of carbonyl (C=O) groups is 2. The normalized spacial score (nSPS) is 34.1. The topological polar surface area (TPSA) is 98.8 Å². The Morgan fingerprint density at radius 1 is 1.06 bits per heavy atom. The fourth-order valence-corrected chi connectivity index (χ4v) is 13.4. The summed E-state index contributed by atoms with van der Waals surface area (Å²) in [5, 5.41) is 0. The van der Waals surface area contributed by atoms with Crippen molar-refractivity contribution in [3.8, 4) is 0 Å². The molecular weight excluding hydrogens is 693 g/mol. The van der Waals surface area contributed by atoms with Gasteiger partial charge in [-0.1, -0.05) is 66.3 Å². The molecule has 0 amide bonds. The molecule has 1 aromatic carbocycles. The van der Waals surface area contributed by atoms with E-state index in [9.17, 15) is 9.59 Å². The molecule has 9 atom stereocenters. The Kier molecular flexibility index (Phi) is 12.9. The van der Waals surface area contributed by atoms with Crippen LogP contribution in [0.2, 0.25) is 31.2 Å². The lowest BCUT2D eigenvalue weighted by atomic mass is 9.49. The van der Waals surface area contributed by atoms with E-state index in [0.717, 1.165) is 35.7 Å². The van der Waals surface area contributed by atoms with Gasteiger partial charge in [0.1, 0.15) is 18.3 Å². The number of carbonyl (C=O) groups excluding carboxylic acids is 2. The van der Waals surface area contributed by atoms with Gasteiger partial charge in [-0.2, -0.15) is 0 Å². The van der Waals surface area contributed by atoms with Crippen LogP contribution in [-0.2, 0) is 37.3 Å². The highest BCUT2D eigenvalue weighted by molar-refractivity contribution is 6.73. The van der Waals surface area contributed by atoms with E-state index in [0.29, 0.717) is 31.4 Å². The van der Waals surface area contributed by atoms with Gasteiger partial charge in [-0.05, 0) is 98.6 Å². The van der Waals surface area contributed by atoms with Crippen molar-refractivity contribution in [3.63, 3.8) is 0 Å². The van der Waals surface area contributed by atoms with E-state index in [1.165, 1.54) is 6.92 Å². The molecule has 2 aliphatic heterocycles. The first-order valence-electron chi connectivity index (χ1n) is 19.6. The maximum Gasteiger partial charge on any atom is 0.338 e. The van der Waals surface area contributed by atoms with Crippen molar-refractivity contribution >= 4 is 29.3 Å². The first-order valence-corrected chi connectivity index (χ1v) is 24.9. The molecule has 52 heavy (non-hydrogen) atoms. The van der Waals surface area contributed by atoms with Gasteiger partial charge in [0.25, 0.3) is 0 Å². The lowest BCUT2D eigenvalue weighted by Crippen LogP contribution is -2.75. The Labute approximate surface area is 315 Å². The standard InChI is InChI=1S/C41H64O9Si2/c1-12-33-47-35-34(27(5)30(22-24-45-51(10)11)50-52(13-2,14-3)15-4)39(7,8)25-31(46-38(43)29-19-17-16-18-20-29)36-40(9,37(35)48-33)23-21-32-41(36,26-44-32)49-28(6)42/h12,16-20,30-33,35-37,51H,1,13-15,21-26H2,2-11H3/b34-27-/t30?,31?,32?,33?,35?,36?,37?,40-,41?/m1/s1. The van der Waals surface area contributed by atoms with Gasteiger partial charge in [-0.15, -0.1) is 0 Å². The van der Waals surface area contributed by atoms with Gasteiger partial charge in [-0.25, -0.2) is 4.79 Å². The molecule has 290 valence electrons. The Hall–Kier alpha value is -2.13. The fraction of sp³-hybridized carbons (Fsp3) is 0.707. The van der Waals surface area contributed by atoms with E-state index in [2.05, 4.69) is 68.1 Å². The number of benzene rings is 1. The Morgan fingerprint density at radius 2 is 1.73 bits per heavy atom. The number of rotatable bonds is 14. The molecule has 0 spiro atoms. The van der Waals surface area contributed by atoms with Gasteiger partial charge in [0.15, 0.2) is 29.2 Å². The first-order chi connectivity index (χ1) is 24.6. The van der Waals surface area contributed by atoms with Crippen molar-refractivity contribution < 1.29 is 42.1 Å². The average Bonchev–Trinajstić information content (AvgIpc) is 3.52. The molecule has 8 unspecified atom stereocenters. The van der Waals surface area contributed by atoms with Crippen LogP contribution < -0.4 is 0 Å². The molecule has 2 heterocycles. The third kappa shape index (κ3) is 7.83. The van der Waals surface area contributed by atoms with Gasteiger partial charge in [-0.3, -0.25) is 4.79 Å². The third-order valence-electron chi connectivity index (χ3n) is 12.7. The van der Waals surface area contributed by atoms with Crippen molar-refractivity contribution in [1.82, 2.24) is 0 Å². The SMILES string of the molecule is C=CC1OC2/C(=C(\C)C(CCO[SiH](C)C)O[Si](CC)(CC)CC)C(C)(C)CC(OC(=O)c3ccccc3)C3C4(OC(C)=O)COC4CC[C@@]3(C)C2O1. The zero-order valence-corrected chi connectivity index (χ0v) is 35.5. The van der Waals surface area contributed by atoms with E-state index in [4.69, 9.17) is 32.5 Å². The second-order valence-electron chi connectivity index (χ2n) is 16.6. The van der Waals surface area contributed by atoms with Gasteiger partial charge in [0.2, 0.25) is 0 Å². The van der Waals surface area contributed by atoms with Gasteiger partial charge in [0.05, 0.1) is 24.4 Å². The smallest absolute Gasteiger partial charge is 0.338 e. The van der Waals surface area contributed by atoms with Crippen LogP contribution in [0.25, 0.3) is 0 Å². The van der Waals surface area contributed by atoms with Crippen LogP contribution in [0, 0.1) is 16.7 Å². The molecule has 4 aliphatic rings. The van der Waals surface area contributed by atoms with Crippen LogP contribution in [0.1, 0.15) is 91.4 Å².